The van der Waals surface area contributed by atoms with E-state index in [1.807, 2.05) is 36.4 Å². The molecule has 0 amide bonds. The minimum absolute atomic E-state index is 0.0862. The first-order valence-corrected chi connectivity index (χ1v) is 7.55. The van der Waals surface area contributed by atoms with E-state index < -0.39 is 5.63 Å². The molecule has 4 nitrogen and oxygen atoms in total. The van der Waals surface area contributed by atoms with Crippen LogP contribution in [0, 0.1) is 11.3 Å². The van der Waals surface area contributed by atoms with Gasteiger partial charge >= 0.3 is 5.63 Å². The van der Waals surface area contributed by atoms with E-state index in [1.54, 1.807) is 6.07 Å². The van der Waals surface area contributed by atoms with Crippen molar-refractivity contribution in [2.24, 2.45) is 0 Å². The third-order valence-electron chi connectivity index (χ3n) is 4.34. The van der Waals surface area contributed by atoms with Gasteiger partial charge in [0.25, 0.3) is 0 Å². The number of hydrogen-bond donors (Lipinski definition) is 0. The zero-order valence-corrected chi connectivity index (χ0v) is 12.5. The van der Waals surface area contributed by atoms with Gasteiger partial charge in [0.15, 0.2) is 5.56 Å². The zero-order chi connectivity index (χ0) is 15.8. The predicted molar refractivity (Wildman–Crippen MR) is 88.4 cm³/mol. The van der Waals surface area contributed by atoms with Gasteiger partial charge in [-0.2, -0.15) is 5.26 Å². The van der Waals surface area contributed by atoms with Crippen LogP contribution in [0.3, 0.4) is 0 Å². The van der Waals surface area contributed by atoms with E-state index in [9.17, 15) is 10.1 Å². The molecule has 1 aliphatic heterocycles. The molecule has 0 bridgehead atoms. The Morgan fingerprint density at radius 2 is 1.78 bits per heavy atom. The molecule has 3 aromatic rings. The molecule has 23 heavy (non-hydrogen) atoms. The summed E-state index contributed by atoms with van der Waals surface area (Å²) in [4.78, 5) is 14.3. The van der Waals surface area contributed by atoms with Crippen molar-refractivity contribution in [3.05, 3.63) is 75.6 Å². The fraction of sp³-hybridized carbons (Fsp3) is 0.158. The smallest absolute Gasteiger partial charge is 0.356 e. The van der Waals surface area contributed by atoms with Crippen molar-refractivity contribution in [2.45, 2.75) is 13.0 Å². The van der Waals surface area contributed by atoms with Crippen LogP contribution in [-0.2, 0) is 13.0 Å². The second-order valence-corrected chi connectivity index (χ2v) is 5.66. The second-order valence-electron chi connectivity index (χ2n) is 5.66. The molecule has 0 saturated heterocycles. The average molecular weight is 302 g/mol. The van der Waals surface area contributed by atoms with E-state index in [0.717, 1.165) is 18.4 Å². The molecule has 0 radical (unpaired) electrons. The van der Waals surface area contributed by atoms with Gasteiger partial charge in [0.2, 0.25) is 0 Å². The number of benzene rings is 2. The largest absolute Gasteiger partial charge is 0.422 e. The minimum Gasteiger partial charge on any atom is -0.422 e. The Balaban J connectivity index is 1.93. The van der Waals surface area contributed by atoms with Crippen LogP contribution in [-0.4, -0.2) is 6.54 Å². The van der Waals surface area contributed by atoms with Gasteiger partial charge in [-0.05, 0) is 29.7 Å². The monoisotopic (exact) mass is 302 g/mol. The number of anilines is 1. The highest BCUT2D eigenvalue weighted by Crippen LogP contribution is 2.32. The van der Waals surface area contributed by atoms with Crippen LogP contribution in [0.1, 0.15) is 16.7 Å². The van der Waals surface area contributed by atoms with Crippen LogP contribution in [0.2, 0.25) is 0 Å². The van der Waals surface area contributed by atoms with Crippen molar-refractivity contribution in [3.8, 4) is 6.07 Å². The average Bonchev–Trinajstić information content (AvgIpc) is 2.60. The van der Waals surface area contributed by atoms with Gasteiger partial charge in [0.05, 0.1) is 5.69 Å². The maximum atomic E-state index is 12.2. The molecule has 112 valence electrons. The zero-order valence-electron chi connectivity index (χ0n) is 12.5. The highest BCUT2D eigenvalue weighted by molar-refractivity contribution is 5.93. The summed E-state index contributed by atoms with van der Waals surface area (Å²) >= 11 is 0. The van der Waals surface area contributed by atoms with Gasteiger partial charge < -0.3 is 9.32 Å². The quantitative estimate of drug-likeness (QED) is 0.648. The normalized spacial score (nSPS) is 13.6. The standard InChI is InChI=1S/C19H14N2O2/c20-11-16-18(15-7-3-4-8-17(15)23-19(16)22)21-10-9-13-5-1-2-6-14(13)12-21/h1-8H,9-10,12H2. The topological polar surface area (TPSA) is 57.2 Å². The molecule has 0 fully saturated rings. The molecule has 0 unspecified atom stereocenters. The third-order valence-corrected chi connectivity index (χ3v) is 4.34. The van der Waals surface area contributed by atoms with E-state index in [4.69, 9.17) is 4.42 Å². The lowest BCUT2D eigenvalue weighted by atomic mass is 9.98. The third kappa shape index (κ3) is 2.18. The molecule has 1 aromatic heterocycles. The first kappa shape index (κ1) is 13.6. The molecule has 2 heterocycles. The molecule has 0 spiro atoms. The molecule has 0 N–H and O–H groups in total. The van der Waals surface area contributed by atoms with Crippen LogP contribution in [0.25, 0.3) is 11.0 Å². The maximum Gasteiger partial charge on any atom is 0.356 e. The Kier molecular flexibility index (Phi) is 3.13. The lowest BCUT2D eigenvalue weighted by molar-refractivity contribution is 0.557. The summed E-state index contributed by atoms with van der Waals surface area (Å²) in [5.74, 6) is 0. The molecule has 4 rings (SSSR count). The summed E-state index contributed by atoms with van der Waals surface area (Å²) in [6, 6.07) is 17.7. The molecule has 1 aliphatic rings. The number of nitriles is 1. The van der Waals surface area contributed by atoms with E-state index in [0.29, 0.717) is 17.8 Å². The van der Waals surface area contributed by atoms with Crippen molar-refractivity contribution in [1.29, 1.82) is 5.26 Å². The number of fused-ring (bicyclic) bond motifs is 2. The molecule has 4 heteroatoms. The summed E-state index contributed by atoms with van der Waals surface area (Å²) in [5.41, 5.74) is 3.29. The first-order chi connectivity index (χ1) is 11.3. The Hall–Kier alpha value is -3.06. The van der Waals surface area contributed by atoms with E-state index in [1.165, 1.54) is 11.1 Å². The molecule has 0 atom stereocenters. The van der Waals surface area contributed by atoms with E-state index in [2.05, 4.69) is 17.0 Å². The van der Waals surface area contributed by atoms with E-state index in [-0.39, 0.29) is 5.56 Å². The molecule has 2 aromatic carbocycles. The maximum absolute atomic E-state index is 12.2. The first-order valence-electron chi connectivity index (χ1n) is 7.55. The van der Waals surface area contributed by atoms with Crippen molar-refractivity contribution in [2.75, 3.05) is 11.4 Å². The van der Waals surface area contributed by atoms with Gasteiger partial charge in [-0.3, -0.25) is 0 Å². The van der Waals surface area contributed by atoms with E-state index >= 15 is 0 Å². The van der Waals surface area contributed by atoms with Crippen molar-refractivity contribution >= 4 is 16.7 Å². The van der Waals surface area contributed by atoms with Gasteiger partial charge in [-0.25, -0.2) is 4.79 Å². The van der Waals surface area contributed by atoms with Crippen molar-refractivity contribution in [3.63, 3.8) is 0 Å². The highest BCUT2D eigenvalue weighted by atomic mass is 16.4. The van der Waals surface area contributed by atoms with Crippen LogP contribution < -0.4 is 10.5 Å². The van der Waals surface area contributed by atoms with Crippen LogP contribution >= 0.6 is 0 Å². The minimum atomic E-state index is -0.569. The van der Waals surface area contributed by atoms with Gasteiger partial charge in [-0.1, -0.05) is 36.4 Å². The Bertz CT molecular complexity index is 998. The fourth-order valence-corrected chi connectivity index (χ4v) is 3.25. The molecule has 0 aliphatic carbocycles. The lowest BCUT2D eigenvalue weighted by Crippen LogP contribution is -2.32. The highest BCUT2D eigenvalue weighted by Gasteiger charge is 2.23. The SMILES string of the molecule is N#Cc1c(N2CCc3ccccc3C2)c2ccccc2oc1=O. The number of nitrogens with zero attached hydrogens (tertiary/aromatic N) is 2. The second kappa shape index (κ2) is 5.29. The Labute approximate surface area is 133 Å². The van der Waals surface area contributed by atoms with Gasteiger partial charge in [0, 0.05) is 18.5 Å². The number of para-hydroxylation sites is 1. The lowest BCUT2D eigenvalue weighted by Gasteiger charge is -2.31. The number of rotatable bonds is 1. The predicted octanol–water partition coefficient (Wildman–Crippen LogP) is 3.23. The Morgan fingerprint density at radius 1 is 1.04 bits per heavy atom. The van der Waals surface area contributed by atoms with Crippen LogP contribution in [0.15, 0.2) is 57.7 Å². The van der Waals surface area contributed by atoms with Gasteiger partial charge in [-0.15, -0.1) is 0 Å². The fourth-order valence-electron chi connectivity index (χ4n) is 3.25. The van der Waals surface area contributed by atoms with Crippen LogP contribution in [0.5, 0.6) is 0 Å². The summed E-state index contributed by atoms with van der Waals surface area (Å²) in [6.07, 6.45) is 0.898. The van der Waals surface area contributed by atoms with Crippen molar-refractivity contribution in [1.82, 2.24) is 0 Å². The summed E-state index contributed by atoms with van der Waals surface area (Å²) < 4.78 is 5.28. The molecular weight excluding hydrogens is 288 g/mol. The summed E-state index contributed by atoms with van der Waals surface area (Å²) in [6.45, 7) is 1.47. The molecule has 0 saturated carbocycles. The molecular formula is C19H14N2O2. The van der Waals surface area contributed by atoms with Crippen molar-refractivity contribution < 1.29 is 4.42 Å². The van der Waals surface area contributed by atoms with Gasteiger partial charge in [0.1, 0.15) is 11.7 Å². The number of hydrogen-bond acceptors (Lipinski definition) is 4. The van der Waals surface area contributed by atoms with Crippen LogP contribution in [0.4, 0.5) is 5.69 Å². The Morgan fingerprint density at radius 3 is 2.61 bits per heavy atom. The summed E-state index contributed by atoms with van der Waals surface area (Å²) in [7, 11) is 0. The summed E-state index contributed by atoms with van der Waals surface area (Å²) in [5, 5.41) is 10.3.